The molecule has 0 unspecified atom stereocenters. The lowest BCUT2D eigenvalue weighted by Crippen LogP contribution is -2.34. The summed E-state index contributed by atoms with van der Waals surface area (Å²) in [4.78, 5) is 7.42. The van der Waals surface area contributed by atoms with Gasteiger partial charge >= 0.3 is 0 Å². The van der Waals surface area contributed by atoms with Crippen molar-refractivity contribution in [3.8, 4) is 11.5 Å². The molecule has 0 spiro atoms. The molecule has 6 nitrogen and oxygen atoms in total. The second-order valence-electron chi connectivity index (χ2n) is 7.54. The molecule has 1 aliphatic rings. The van der Waals surface area contributed by atoms with Crippen LogP contribution in [0.3, 0.4) is 0 Å². The largest absolute Gasteiger partial charge is 0.440 e. The van der Waals surface area contributed by atoms with Crippen molar-refractivity contribution in [3.63, 3.8) is 0 Å². The summed E-state index contributed by atoms with van der Waals surface area (Å²) in [6.45, 7) is 4.56. The first kappa shape index (κ1) is 18.3. The molecule has 0 bridgehead atoms. The van der Waals surface area contributed by atoms with Gasteiger partial charge in [-0.1, -0.05) is 30.3 Å². The van der Waals surface area contributed by atoms with Crippen molar-refractivity contribution in [1.29, 1.82) is 0 Å². The Kier molecular flexibility index (Phi) is 4.77. The lowest BCUT2D eigenvalue weighted by molar-refractivity contribution is 0.152. The second-order valence-corrected chi connectivity index (χ2v) is 7.89. The zero-order valence-electron chi connectivity index (χ0n) is 16.2. The van der Waals surface area contributed by atoms with Crippen LogP contribution in [0.5, 0.6) is 0 Å². The second kappa shape index (κ2) is 7.57. The number of nitrogens with zero attached hydrogens (tertiary/aromatic N) is 4. The summed E-state index contributed by atoms with van der Waals surface area (Å²) in [5, 5.41) is 4.61. The maximum Gasteiger partial charge on any atom is 0.288 e. The fraction of sp³-hybridized carbons (Fsp3) is 0.318. The summed E-state index contributed by atoms with van der Waals surface area (Å²) in [7, 11) is 0. The number of benzene rings is 2. The van der Waals surface area contributed by atoms with Crippen molar-refractivity contribution in [1.82, 2.24) is 19.7 Å². The average Bonchev–Trinajstić information content (AvgIpc) is 3.33. The lowest BCUT2D eigenvalue weighted by Gasteiger charge is -2.29. The van der Waals surface area contributed by atoms with Crippen molar-refractivity contribution < 1.29 is 8.83 Å². The normalized spacial score (nSPS) is 15.9. The SMILES string of the molecule is Cc1ccccc1-c1nn(CN2CCC(c3nc4ccccc4o3)CC2)c(=S)o1. The third-order valence-electron chi connectivity index (χ3n) is 5.56. The van der Waals surface area contributed by atoms with E-state index in [0.717, 1.165) is 54.0 Å². The zero-order valence-corrected chi connectivity index (χ0v) is 17.1. The van der Waals surface area contributed by atoms with Crippen molar-refractivity contribution in [3.05, 3.63) is 64.8 Å². The summed E-state index contributed by atoms with van der Waals surface area (Å²) in [6.07, 6.45) is 2.01. The molecule has 2 aromatic carbocycles. The number of rotatable bonds is 4. The van der Waals surface area contributed by atoms with E-state index in [0.29, 0.717) is 23.3 Å². The van der Waals surface area contributed by atoms with Gasteiger partial charge in [0.25, 0.3) is 4.84 Å². The van der Waals surface area contributed by atoms with Gasteiger partial charge in [-0.2, -0.15) is 0 Å². The van der Waals surface area contributed by atoms with Crippen LogP contribution < -0.4 is 0 Å². The summed E-state index contributed by atoms with van der Waals surface area (Å²) in [5.74, 6) is 1.78. The van der Waals surface area contributed by atoms with Gasteiger partial charge in [-0.15, -0.1) is 5.10 Å². The Balaban J connectivity index is 1.26. The monoisotopic (exact) mass is 406 g/mol. The van der Waals surface area contributed by atoms with E-state index >= 15 is 0 Å². The molecule has 0 saturated carbocycles. The molecule has 5 rings (SSSR count). The molecule has 29 heavy (non-hydrogen) atoms. The summed E-state index contributed by atoms with van der Waals surface area (Å²) in [6, 6.07) is 16.0. The van der Waals surface area contributed by atoms with Crippen LogP contribution in [0.1, 0.15) is 30.2 Å². The Morgan fingerprint density at radius 2 is 1.79 bits per heavy atom. The highest BCUT2D eigenvalue weighted by Gasteiger charge is 2.25. The van der Waals surface area contributed by atoms with Gasteiger partial charge in [-0.05, 0) is 55.7 Å². The topological polar surface area (TPSA) is 60.2 Å². The quantitative estimate of drug-likeness (QED) is 0.436. The number of likely N-dealkylation sites (tertiary alicyclic amines) is 1. The van der Waals surface area contributed by atoms with Crippen LogP contribution in [0.15, 0.2) is 57.4 Å². The smallest absolute Gasteiger partial charge is 0.288 e. The third-order valence-corrected chi connectivity index (χ3v) is 5.86. The molecule has 7 heteroatoms. The standard InChI is InChI=1S/C22H22N4O2S/c1-15-6-2-3-7-17(15)21-24-26(22(29)28-21)14-25-12-10-16(11-13-25)20-23-18-8-4-5-9-19(18)27-20/h2-9,16H,10-14H2,1H3. The third kappa shape index (κ3) is 3.63. The molecular formula is C22H22N4O2S. The van der Waals surface area contributed by atoms with Crippen molar-refractivity contribution in [2.24, 2.45) is 0 Å². The number of aromatic nitrogens is 3. The maximum atomic E-state index is 5.96. The number of hydrogen-bond acceptors (Lipinski definition) is 6. The van der Waals surface area contributed by atoms with Crippen LogP contribution in [0.25, 0.3) is 22.6 Å². The van der Waals surface area contributed by atoms with E-state index in [9.17, 15) is 0 Å². The molecular weight excluding hydrogens is 384 g/mol. The van der Waals surface area contributed by atoms with Gasteiger partial charge in [0.15, 0.2) is 11.5 Å². The van der Waals surface area contributed by atoms with Gasteiger partial charge in [0.05, 0.1) is 6.67 Å². The van der Waals surface area contributed by atoms with Gasteiger partial charge in [-0.3, -0.25) is 4.90 Å². The highest BCUT2D eigenvalue weighted by molar-refractivity contribution is 7.71. The number of hydrogen-bond donors (Lipinski definition) is 0. The van der Waals surface area contributed by atoms with Crippen LogP contribution in [-0.4, -0.2) is 32.8 Å². The molecule has 0 amide bonds. The molecule has 4 aromatic rings. The molecule has 1 aliphatic heterocycles. The Hall–Kier alpha value is -2.77. The summed E-state index contributed by atoms with van der Waals surface area (Å²) < 4.78 is 13.5. The summed E-state index contributed by atoms with van der Waals surface area (Å²) in [5.41, 5.74) is 3.90. The highest BCUT2D eigenvalue weighted by Crippen LogP contribution is 2.30. The Bertz CT molecular complexity index is 1170. The number of oxazole rings is 1. The minimum absolute atomic E-state index is 0.353. The van der Waals surface area contributed by atoms with E-state index < -0.39 is 0 Å². The summed E-state index contributed by atoms with van der Waals surface area (Å²) >= 11 is 5.40. The molecule has 2 aromatic heterocycles. The minimum Gasteiger partial charge on any atom is -0.440 e. The van der Waals surface area contributed by atoms with Crippen LogP contribution >= 0.6 is 12.2 Å². The number of fused-ring (bicyclic) bond motifs is 1. The lowest BCUT2D eigenvalue weighted by atomic mass is 9.97. The van der Waals surface area contributed by atoms with Crippen LogP contribution in [0, 0.1) is 11.8 Å². The van der Waals surface area contributed by atoms with Crippen molar-refractivity contribution in [2.45, 2.75) is 32.4 Å². The molecule has 0 radical (unpaired) electrons. The fourth-order valence-corrected chi connectivity index (χ4v) is 4.07. The Labute approximate surface area is 173 Å². The van der Waals surface area contributed by atoms with Gasteiger partial charge in [0.2, 0.25) is 5.89 Å². The van der Waals surface area contributed by atoms with Crippen LogP contribution in [0.2, 0.25) is 0 Å². The number of para-hydroxylation sites is 2. The molecule has 0 N–H and O–H groups in total. The van der Waals surface area contributed by atoms with E-state index in [1.807, 2.05) is 55.5 Å². The molecule has 148 valence electrons. The van der Waals surface area contributed by atoms with E-state index in [2.05, 4.69) is 15.0 Å². The Morgan fingerprint density at radius 3 is 2.59 bits per heavy atom. The fourth-order valence-electron chi connectivity index (χ4n) is 3.89. The molecule has 0 aliphatic carbocycles. The molecule has 3 heterocycles. The van der Waals surface area contributed by atoms with Crippen LogP contribution in [-0.2, 0) is 6.67 Å². The van der Waals surface area contributed by atoms with Crippen molar-refractivity contribution >= 4 is 23.3 Å². The van der Waals surface area contributed by atoms with E-state index in [-0.39, 0.29) is 0 Å². The van der Waals surface area contributed by atoms with Crippen LogP contribution in [0.4, 0.5) is 0 Å². The minimum atomic E-state index is 0.353. The van der Waals surface area contributed by atoms with E-state index in [4.69, 9.17) is 21.1 Å². The number of piperidine rings is 1. The predicted molar refractivity (Wildman–Crippen MR) is 113 cm³/mol. The predicted octanol–water partition coefficient (Wildman–Crippen LogP) is 5.16. The average molecular weight is 407 g/mol. The van der Waals surface area contributed by atoms with Crippen molar-refractivity contribution in [2.75, 3.05) is 13.1 Å². The zero-order chi connectivity index (χ0) is 19.8. The van der Waals surface area contributed by atoms with Gasteiger partial charge in [-0.25, -0.2) is 9.67 Å². The molecule has 0 atom stereocenters. The van der Waals surface area contributed by atoms with E-state index in [1.54, 1.807) is 4.68 Å². The molecule has 1 saturated heterocycles. The molecule has 1 fully saturated rings. The Morgan fingerprint density at radius 1 is 1.03 bits per heavy atom. The highest BCUT2D eigenvalue weighted by atomic mass is 32.1. The number of aryl methyl sites for hydroxylation is 1. The van der Waals surface area contributed by atoms with E-state index in [1.165, 1.54) is 0 Å². The van der Waals surface area contributed by atoms with Gasteiger partial charge < -0.3 is 8.83 Å². The van der Waals surface area contributed by atoms with Gasteiger partial charge in [0.1, 0.15) is 5.52 Å². The first-order valence-electron chi connectivity index (χ1n) is 9.89. The first-order chi connectivity index (χ1) is 14.2. The van der Waals surface area contributed by atoms with Gasteiger partial charge in [0, 0.05) is 24.6 Å². The maximum absolute atomic E-state index is 5.96. The first-order valence-corrected chi connectivity index (χ1v) is 10.3.